The molecule has 0 spiro atoms. The van der Waals surface area contributed by atoms with Crippen LogP contribution in [0.1, 0.15) is 32.3 Å². The Morgan fingerprint density at radius 3 is 2.58 bits per heavy atom. The van der Waals surface area contributed by atoms with Crippen LogP contribution in [0.4, 0.5) is 0 Å². The summed E-state index contributed by atoms with van der Waals surface area (Å²) >= 11 is 5.66. The summed E-state index contributed by atoms with van der Waals surface area (Å²) in [5.41, 5.74) is 0.888. The van der Waals surface area contributed by atoms with E-state index in [0.717, 1.165) is 11.5 Å². The maximum atomic E-state index is 5.66. The van der Waals surface area contributed by atoms with Crippen LogP contribution >= 0.6 is 11.6 Å². The van der Waals surface area contributed by atoms with Gasteiger partial charge in [0, 0.05) is 11.6 Å². The van der Waals surface area contributed by atoms with Crippen LogP contribution in [-0.4, -0.2) is 9.97 Å². The highest BCUT2D eigenvalue weighted by Crippen LogP contribution is 2.17. The Kier molecular flexibility index (Phi) is 2.68. The van der Waals surface area contributed by atoms with Gasteiger partial charge in [-0.15, -0.1) is 11.6 Å². The molecule has 3 heteroatoms. The van der Waals surface area contributed by atoms with Gasteiger partial charge in [-0.3, -0.25) is 0 Å². The number of hydrogen-bond donors (Lipinski definition) is 0. The molecule has 2 nitrogen and oxygen atoms in total. The second-order valence-electron chi connectivity index (χ2n) is 3.76. The minimum Gasteiger partial charge on any atom is -0.241 e. The van der Waals surface area contributed by atoms with E-state index in [1.807, 2.05) is 6.07 Å². The van der Waals surface area contributed by atoms with Crippen LogP contribution in [0.5, 0.6) is 0 Å². The van der Waals surface area contributed by atoms with E-state index in [1.54, 1.807) is 6.20 Å². The van der Waals surface area contributed by atoms with Gasteiger partial charge in [-0.05, 0) is 6.07 Å². The van der Waals surface area contributed by atoms with Crippen molar-refractivity contribution in [3.05, 3.63) is 23.8 Å². The lowest BCUT2D eigenvalue weighted by Crippen LogP contribution is -2.16. The Balaban J connectivity index is 3.02. The molecule has 0 saturated heterocycles. The molecule has 0 saturated carbocycles. The number of aromatic nitrogens is 2. The first-order valence-corrected chi connectivity index (χ1v) is 4.46. The molecule has 0 unspecified atom stereocenters. The monoisotopic (exact) mass is 184 g/mol. The van der Waals surface area contributed by atoms with Gasteiger partial charge < -0.3 is 0 Å². The summed E-state index contributed by atoms with van der Waals surface area (Å²) in [6.07, 6.45) is 1.76. The Bertz CT molecular complexity index is 265. The fourth-order valence-electron chi connectivity index (χ4n) is 0.832. The number of nitrogens with zero attached hydrogens (tertiary/aromatic N) is 2. The third kappa shape index (κ3) is 2.18. The van der Waals surface area contributed by atoms with Gasteiger partial charge in [-0.1, -0.05) is 20.8 Å². The van der Waals surface area contributed by atoms with Crippen molar-refractivity contribution in [3.8, 4) is 0 Å². The lowest BCUT2D eigenvalue weighted by atomic mass is 9.96. The summed E-state index contributed by atoms with van der Waals surface area (Å²) in [6.45, 7) is 6.25. The van der Waals surface area contributed by atoms with Crippen molar-refractivity contribution in [1.29, 1.82) is 0 Å². The smallest absolute Gasteiger partial charge is 0.133 e. The fraction of sp³-hybridized carbons (Fsp3) is 0.556. The molecule has 1 heterocycles. The molecule has 0 radical (unpaired) electrons. The first kappa shape index (κ1) is 9.46. The summed E-state index contributed by atoms with van der Waals surface area (Å²) in [5.74, 6) is 1.30. The zero-order valence-electron chi connectivity index (χ0n) is 7.63. The van der Waals surface area contributed by atoms with Gasteiger partial charge in [-0.2, -0.15) is 0 Å². The number of alkyl halides is 1. The van der Waals surface area contributed by atoms with Crippen molar-refractivity contribution in [2.24, 2.45) is 0 Å². The van der Waals surface area contributed by atoms with Crippen LogP contribution in [0.25, 0.3) is 0 Å². The van der Waals surface area contributed by atoms with Crippen LogP contribution < -0.4 is 0 Å². The molecule has 66 valence electrons. The van der Waals surface area contributed by atoms with Crippen molar-refractivity contribution in [2.45, 2.75) is 32.1 Å². The minimum atomic E-state index is 0.00205. The number of hydrogen-bond acceptors (Lipinski definition) is 2. The van der Waals surface area contributed by atoms with Gasteiger partial charge in [0.15, 0.2) is 0 Å². The van der Waals surface area contributed by atoms with Gasteiger partial charge in [0.25, 0.3) is 0 Å². The molecule has 0 amide bonds. The summed E-state index contributed by atoms with van der Waals surface area (Å²) in [6, 6.07) is 1.84. The molecule has 1 aromatic rings. The van der Waals surface area contributed by atoms with Crippen LogP contribution in [0.2, 0.25) is 0 Å². The number of halogens is 1. The van der Waals surface area contributed by atoms with Crippen LogP contribution in [0, 0.1) is 0 Å². The molecule has 0 aliphatic heterocycles. The first-order valence-electron chi connectivity index (χ1n) is 3.92. The molecule has 0 N–H and O–H groups in total. The highest BCUT2D eigenvalue weighted by atomic mass is 35.5. The third-order valence-corrected chi connectivity index (χ3v) is 1.79. The predicted octanol–water partition coefficient (Wildman–Crippen LogP) is 2.51. The molecule has 0 atom stereocenters. The van der Waals surface area contributed by atoms with Gasteiger partial charge in [0.2, 0.25) is 0 Å². The van der Waals surface area contributed by atoms with Gasteiger partial charge in [0.05, 0.1) is 11.6 Å². The van der Waals surface area contributed by atoms with Crippen molar-refractivity contribution >= 4 is 11.6 Å². The van der Waals surface area contributed by atoms with Crippen LogP contribution in [0.15, 0.2) is 12.3 Å². The van der Waals surface area contributed by atoms with E-state index in [9.17, 15) is 0 Å². The molecule has 1 aromatic heterocycles. The van der Waals surface area contributed by atoms with Crippen molar-refractivity contribution in [1.82, 2.24) is 9.97 Å². The Hall–Kier alpha value is -0.630. The third-order valence-electron chi connectivity index (χ3n) is 1.52. The predicted molar refractivity (Wildman–Crippen MR) is 50.3 cm³/mol. The van der Waals surface area contributed by atoms with Gasteiger partial charge in [-0.25, -0.2) is 9.97 Å². The zero-order valence-corrected chi connectivity index (χ0v) is 8.39. The molecular weight excluding hydrogens is 172 g/mol. The van der Waals surface area contributed by atoms with Crippen LogP contribution in [-0.2, 0) is 11.3 Å². The second-order valence-corrected chi connectivity index (χ2v) is 4.02. The molecule has 0 bridgehead atoms. The van der Waals surface area contributed by atoms with E-state index < -0.39 is 0 Å². The Labute approximate surface area is 78.0 Å². The zero-order chi connectivity index (χ0) is 9.19. The highest BCUT2D eigenvalue weighted by Gasteiger charge is 2.16. The van der Waals surface area contributed by atoms with Gasteiger partial charge >= 0.3 is 0 Å². The molecule has 1 rings (SSSR count). The maximum absolute atomic E-state index is 5.66. The summed E-state index contributed by atoms with van der Waals surface area (Å²) in [5, 5.41) is 0. The molecule has 0 aromatic carbocycles. The quantitative estimate of drug-likeness (QED) is 0.627. The van der Waals surface area contributed by atoms with E-state index in [-0.39, 0.29) is 5.41 Å². The maximum Gasteiger partial charge on any atom is 0.133 e. The largest absolute Gasteiger partial charge is 0.241 e. The lowest BCUT2D eigenvalue weighted by Gasteiger charge is -2.16. The van der Waals surface area contributed by atoms with Crippen molar-refractivity contribution in [3.63, 3.8) is 0 Å². The average Bonchev–Trinajstić information content (AvgIpc) is 2.03. The number of rotatable bonds is 1. The van der Waals surface area contributed by atoms with Gasteiger partial charge in [0.1, 0.15) is 5.82 Å². The van der Waals surface area contributed by atoms with E-state index in [1.165, 1.54) is 0 Å². The summed E-state index contributed by atoms with van der Waals surface area (Å²) < 4.78 is 0. The topological polar surface area (TPSA) is 25.8 Å². The van der Waals surface area contributed by atoms with E-state index in [4.69, 9.17) is 11.6 Å². The van der Waals surface area contributed by atoms with E-state index in [2.05, 4.69) is 30.7 Å². The first-order chi connectivity index (χ1) is 5.54. The Morgan fingerprint density at radius 1 is 1.42 bits per heavy atom. The standard InChI is InChI=1S/C9H13ClN2/c1-9(2,3)8-11-5-4-7(6-10)12-8/h4-5H,6H2,1-3H3. The minimum absolute atomic E-state index is 0.00205. The molecular formula is C9H13ClN2. The molecule has 0 aliphatic carbocycles. The van der Waals surface area contributed by atoms with E-state index in [0.29, 0.717) is 5.88 Å². The molecule has 0 fully saturated rings. The molecule has 0 aliphatic rings. The summed E-state index contributed by atoms with van der Waals surface area (Å²) in [4.78, 5) is 8.51. The SMILES string of the molecule is CC(C)(C)c1nccc(CCl)n1. The average molecular weight is 185 g/mol. The summed E-state index contributed by atoms with van der Waals surface area (Å²) in [7, 11) is 0. The van der Waals surface area contributed by atoms with Crippen molar-refractivity contribution < 1.29 is 0 Å². The lowest BCUT2D eigenvalue weighted by molar-refractivity contribution is 0.542. The molecule has 12 heavy (non-hydrogen) atoms. The van der Waals surface area contributed by atoms with Crippen LogP contribution in [0.3, 0.4) is 0 Å². The fourth-order valence-corrected chi connectivity index (χ4v) is 0.981. The van der Waals surface area contributed by atoms with E-state index >= 15 is 0 Å². The van der Waals surface area contributed by atoms with Crippen molar-refractivity contribution in [2.75, 3.05) is 0 Å². The Morgan fingerprint density at radius 2 is 2.08 bits per heavy atom. The second kappa shape index (κ2) is 3.40. The highest BCUT2D eigenvalue weighted by molar-refractivity contribution is 6.16. The normalized spacial score (nSPS) is 11.7.